The molecule has 1 saturated heterocycles. The molecule has 1 atom stereocenters. The summed E-state index contributed by atoms with van der Waals surface area (Å²) in [6.45, 7) is 1.89. The first kappa shape index (κ1) is 14.2. The van der Waals surface area contributed by atoms with Gasteiger partial charge >= 0.3 is 0 Å². The Balaban J connectivity index is 2.12. The average Bonchev–Trinajstić information content (AvgIpc) is 2.41. The largest absolute Gasteiger partial charge is 0.384 e. The molecule has 1 unspecified atom stereocenters. The van der Waals surface area contributed by atoms with Gasteiger partial charge in [0.25, 0.3) is 5.91 Å². The molecule has 104 valence electrons. The first-order chi connectivity index (χ1) is 9.11. The Kier molecular flexibility index (Phi) is 4.71. The lowest BCUT2D eigenvalue weighted by atomic mass is 9.98. The Hall–Kier alpha value is -1.20. The molecule has 1 aliphatic rings. The third kappa shape index (κ3) is 3.42. The molecule has 1 aliphatic heterocycles. The summed E-state index contributed by atoms with van der Waals surface area (Å²) in [6.07, 6.45) is 2.95. The van der Waals surface area contributed by atoms with E-state index in [1.54, 1.807) is 12.0 Å². The number of hydrogen-bond acceptors (Lipinski definition) is 3. The van der Waals surface area contributed by atoms with E-state index in [2.05, 4.69) is 4.98 Å². The van der Waals surface area contributed by atoms with Crippen LogP contribution in [0.25, 0.3) is 0 Å². The van der Waals surface area contributed by atoms with Gasteiger partial charge in [-0.15, -0.1) is 0 Å². The number of carbonyl (C=O) groups is 1. The van der Waals surface area contributed by atoms with E-state index in [0.29, 0.717) is 25.6 Å². The number of hydrogen-bond donors (Lipinski definition) is 0. The van der Waals surface area contributed by atoms with Crippen LogP contribution in [0.15, 0.2) is 12.3 Å². The Morgan fingerprint density at radius 3 is 3.21 bits per heavy atom. The monoisotopic (exact) mass is 286 g/mol. The molecule has 2 heterocycles. The smallest absolute Gasteiger partial charge is 0.257 e. The zero-order valence-electron chi connectivity index (χ0n) is 10.7. The molecule has 0 saturated carbocycles. The highest BCUT2D eigenvalue weighted by molar-refractivity contribution is 6.32. The number of nitrogens with zero attached hydrogens (tertiary/aromatic N) is 2. The van der Waals surface area contributed by atoms with Crippen LogP contribution in [0, 0.1) is 11.7 Å². The van der Waals surface area contributed by atoms with Gasteiger partial charge in [0, 0.05) is 20.2 Å². The maximum Gasteiger partial charge on any atom is 0.257 e. The van der Waals surface area contributed by atoms with Crippen LogP contribution in [0.4, 0.5) is 4.39 Å². The molecule has 1 fully saturated rings. The normalized spacial score (nSPS) is 19.5. The second kappa shape index (κ2) is 6.30. The van der Waals surface area contributed by atoms with Gasteiger partial charge in [-0.05, 0) is 24.8 Å². The summed E-state index contributed by atoms with van der Waals surface area (Å²) in [5.74, 6) is -0.501. The number of likely N-dealkylation sites (tertiary alicyclic amines) is 1. The third-order valence-corrected chi connectivity index (χ3v) is 3.55. The van der Waals surface area contributed by atoms with Crippen molar-refractivity contribution in [2.75, 3.05) is 26.8 Å². The van der Waals surface area contributed by atoms with Crippen molar-refractivity contribution < 1.29 is 13.9 Å². The van der Waals surface area contributed by atoms with Gasteiger partial charge in [-0.2, -0.15) is 0 Å². The average molecular weight is 287 g/mol. The van der Waals surface area contributed by atoms with E-state index in [0.717, 1.165) is 25.1 Å². The number of carbonyl (C=O) groups excluding carboxylic acids is 1. The summed E-state index contributed by atoms with van der Waals surface area (Å²) in [6, 6.07) is 1.14. The molecule has 0 N–H and O–H groups in total. The van der Waals surface area contributed by atoms with E-state index in [4.69, 9.17) is 16.3 Å². The fourth-order valence-corrected chi connectivity index (χ4v) is 2.55. The van der Waals surface area contributed by atoms with Crippen LogP contribution < -0.4 is 0 Å². The highest BCUT2D eigenvalue weighted by atomic mass is 35.5. The highest BCUT2D eigenvalue weighted by Gasteiger charge is 2.26. The van der Waals surface area contributed by atoms with Crippen molar-refractivity contribution in [2.45, 2.75) is 12.8 Å². The van der Waals surface area contributed by atoms with Crippen molar-refractivity contribution in [2.24, 2.45) is 5.92 Å². The van der Waals surface area contributed by atoms with Gasteiger partial charge in [0.1, 0.15) is 11.0 Å². The SMILES string of the molecule is COCC1CCCN(C(=O)c2cc(F)cnc2Cl)C1. The van der Waals surface area contributed by atoms with Crippen molar-refractivity contribution in [1.29, 1.82) is 0 Å². The molecule has 1 amide bonds. The van der Waals surface area contributed by atoms with Crippen LogP contribution in [-0.4, -0.2) is 42.6 Å². The van der Waals surface area contributed by atoms with Gasteiger partial charge in [-0.3, -0.25) is 4.79 Å². The maximum absolute atomic E-state index is 13.2. The minimum Gasteiger partial charge on any atom is -0.384 e. The molecular formula is C13H16ClFN2O2. The number of amides is 1. The van der Waals surface area contributed by atoms with E-state index in [9.17, 15) is 9.18 Å². The van der Waals surface area contributed by atoms with Crippen LogP contribution in [0.3, 0.4) is 0 Å². The summed E-state index contributed by atoms with van der Waals surface area (Å²) in [7, 11) is 1.65. The molecule has 19 heavy (non-hydrogen) atoms. The number of aromatic nitrogens is 1. The third-order valence-electron chi connectivity index (χ3n) is 3.24. The molecular weight excluding hydrogens is 271 g/mol. The van der Waals surface area contributed by atoms with E-state index in [1.807, 2.05) is 0 Å². The molecule has 0 aliphatic carbocycles. The maximum atomic E-state index is 13.2. The molecule has 0 aromatic carbocycles. The number of pyridine rings is 1. The number of halogens is 2. The molecule has 0 spiro atoms. The first-order valence-corrected chi connectivity index (χ1v) is 6.59. The van der Waals surface area contributed by atoms with Gasteiger partial charge < -0.3 is 9.64 Å². The molecule has 4 nitrogen and oxygen atoms in total. The van der Waals surface area contributed by atoms with E-state index < -0.39 is 5.82 Å². The molecule has 0 radical (unpaired) electrons. The standard InChI is InChI=1S/C13H16ClFN2O2/c1-19-8-9-3-2-4-17(7-9)13(18)11-5-10(15)6-16-12(11)14/h5-6,9H,2-4,7-8H2,1H3. The van der Waals surface area contributed by atoms with E-state index in [-0.39, 0.29) is 16.6 Å². The van der Waals surface area contributed by atoms with Crippen LogP contribution in [0.5, 0.6) is 0 Å². The molecule has 1 aromatic heterocycles. The van der Waals surface area contributed by atoms with E-state index in [1.165, 1.54) is 0 Å². The van der Waals surface area contributed by atoms with Crippen LogP contribution in [-0.2, 0) is 4.74 Å². The van der Waals surface area contributed by atoms with Gasteiger partial charge in [0.05, 0.1) is 18.4 Å². The summed E-state index contributed by atoms with van der Waals surface area (Å²) in [5, 5.41) is 0.0419. The second-order valence-corrected chi connectivity index (χ2v) is 5.06. The predicted molar refractivity (Wildman–Crippen MR) is 69.7 cm³/mol. The lowest BCUT2D eigenvalue weighted by molar-refractivity contribution is 0.0570. The highest BCUT2D eigenvalue weighted by Crippen LogP contribution is 2.21. The Morgan fingerprint density at radius 2 is 2.47 bits per heavy atom. The van der Waals surface area contributed by atoms with Crippen molar-refractivity contribution in [3.05, 3.63) is 28.8 Å². The molecule has 0 bridgehead atoms. The van der Waals surface area contributed by atoms with Crippen LogP contribution in [0.2, 0.25) is 5.15 Å². The number of piperidine rings is 1. The molecule has 2 rings (SSSR count). The van der Waals surface area contributed by atoms with Crippen LogP contribution >= 0.6 is 11.6 Å². The van der Waals surface area contributed by atoms with Crippen molar-refractivity contribution in [1.82, 2.24) is 9.88 Å². The molecule has 1 aromatic rings. The summed E-state index contributed by atoms with van der Waals surface area (Å²) in [5.41, 5.74) is 0.125. The predicted octanol–water partition coefficient (Wildman–Crippen LogP) is 2.37. The number of rotatable bonds is 3. The fourth-order valence-electron chi connectivity index (χ4n) is 2.36. The van der Waals surface area contributed by atoms with Gasteiger partial charge in [-0.25, -0.2) is 9.37 Å². The quantitative estimate of drug-likeness (QED) is 0.801. The lowest BCUT2D eigenvalue weighted by Gasteiger charge is -2.32. The zero-order valence-corrected chi connectivity index (χ0v) is 11.5. The number of ether oxygens (including phenoxy) is 1. The lowest BCUT2D eigenvalue weighted by Crippen LogP contribution is -2.41. The minimum atomic E-state index is -0.557. The number of methoxy groups -OCH3 is 1. The van der Waals surface area contributed by atoms with Gasteiger partial charge in [-0.1, -0.05) is 11.6 Å². The summed E-state index contributed by atoms with van der Waals surface area (Å²) >= 11 is 5.86. The van der Waals surface area contributed by atoms with Crippen molar-refractivity contribution in [3.63, 3.8) is 0 Å². The van der Waals surface area contributed by atoms with Crippen molar-refractivity contribution in [3.8, 4) is 0 Å². The zero-order chi connectivity index (χ0) is 13.8. The topological polar surface area (TPSA) is 42.4 Å². The Labute approximate surface area is 116 Å². The molecule has 6 heteroatoms. The Bertz CT molecular complexity index is 468. The summed E-state index contributed by atoms with van der Waals surface area (Å²) < 4.78 is 18.3. The fraction of sp³-hybridized carbons (Fsp3) is 0.538. The first-order valence-electron chi connectivity index (χ1n) is 6.21. The summed E-state index contributed by atoms with van der Waals surface area (Å²) in [4.78, 5) is 17.7. The van der Waals surface area contributed by atoms with Gasteiger partial charge in [0.15, 0.2) is 0 Å². The van der Waals surface area contributed by atoms with Crippen LogP contribution in [0.1, 0.15) is 23.2 Å². The van der Waals surface area contributed by atoms with Gasteiger partial charge in [0.2, 0.25) is 0 Å². The second-order valence-electron chi connectivity index (χ2n) is 4.71. The minimum absolute atomic E-state index is 0.0419. The van der Waals surface area contributed by atoms with Crippen molar-refractivity contribution >= 4 is 17.5 Å². The van der Waals surface area contributed by atoms with E-state index >= 15 is 0 Å². The Morgan fingerprint density at radius 1 is 1.68 bits per heavy atom.